The molecular formula is C83H97ClF3N11O27. The van der Waals surface area contributed by atoms with Crippen molar-refractivity contribution in [3.05, 3.63) is 153 Å². The first-order valence-electron chi connectivity index (χ1n) is 39.7. The Balaban J connectivity index is 1.05. The van der Waals surface area contributed by atoms with Gasteiger partial charge >= 0.3 is 12.1 Å². The van der Waals surface area contributed by atoms with E-state index in [2.05, 4.69) is 47.9 Å². The van der Waals surface area contributed by atoms with E-state index in [0.717, 1.165) is 60.7 Å². The molecule has 0 unspecified atom stereocenters. The molecule has 8 heterocycles. The largest absolute Gasteiger partial charge is 0.508 e. The summed E-state index contributed by atoms with van der Waals surface area (Å²) in [7, 11) is 1.46. The number of carbonyl (C=O) groups excluding carboxylic acids is 8. The number of benzene rings is 6. The van der Waals surface area contributed by atoms with E-state index in [1.807, 2.05) is 0 Å². The van der Waals surface area contributed by atoms with Crippen LogP contribution in [0.5, 0.6) is 46.0 Å². The van der Waals surface area contributed by atoms with Gasteiger partial charge in [0.1, 0.15) is 95.6 Å². The molecule has 0 spiro atoms. The van der Waals surface area contributed by atoms with Crippen molar-refractivity contribution >= 4 is 64.8 Å². The molecule has 0 aliphatic carbocycles. The maximum absolute atomic E-state index is 16.5. The SMILES string of the molecule is CN[C@H](CC(C)C)C(=O)N[C@H]1C(=O)N[C@@H](CC(N)=O)C(=O)N[C@H]2C(=O)N[C@H]3C(=O)N[C@H](C(=O)N[C@H](C(=O)O)c4cc(O)cc(O)c4-c4cc3ccc4O)[C@H](O[C@H]3C[C@](C)(N)[C@@H](O)[C@H](C)O3)c3ccc(cc3)Oc3cc2cc(c3O[C@@H]2O[C@H](CO)[C@@H](O)[C@H](O)[C@H]2O[C@H]2C[C@](C)(NC(=O)CNCc3ccc(C(F)(F)F)cc3)[C@@H](O)[C@H](C)O2)Oc2ccc(cc2Cl)[C@H]1O. The van der Waals surface area contributed by atoms with Crippen LogP contribution in [-0.4, -0.2) is 227 Å². The van der Waals surface area contributed by atoms with Crippen LogP contribution in [0.1, 0.15) is 137 Å². The van der Waals surface area contributed by atoms with Crippen LogP contribution in [0, 0.1) is 5.92 Å². The number of rotatable bonds is 20. The van der Waals surface area contributed by atoms with Crippen molar-refractivity contribution in [1.82, 2.24) is 47.9 Å². The van der Waals surface area contributed by atoms with E-state index in [9.17, 15) is 83.4 Å². The van der Waals surface area contributed by atoms with Gasteiger partial charge in [0.2, 0.25) is 59.3 Å². The number of aliphatic hydroxyl groups excluding tert-OH is 6. The fourth-order valence-corrected chi connectivity index (χ4v) is 16.0. The Labute approximate surface area is 716 Å². The Morgan fingerprint density at radius 2 is 1.32 bits per heavy atom. The number of carbonyl (C=O) groups is 9. The van der Waals surface area contributed by atoms with Crippen molar-refractivity contribution in [3.8, 4) is 57.1 Å². The average molecular weight is 1770 g/mol. The number of likely N-dealkylation sites (N-methyl/N-ethyl adjacent to an activating group) is 1. The topological polar surface area (TPSA) is 590 Å². The number of phenolic OH excluding ortho intramolecular Hbond substituents is 3. The lowest BCUT2D eigenvalue weighted by Crippen LogP contribution is -2.66. The van der Waals surface area contributed by atoms with Crippen LogP contribution in [0.15, 0.2) is 109 Å². The Morgan fingerprint density at radius 1 is 0.688 bits per heavy atom. The summed E-state index contributed by atoms with van der Waals surface area (Å²) in [5, 5.41) is 139. The lowest BCUT2D eigenvalue weighted by molar-refractivity contribution is -0.334. The molecule has 0 radical (unpaired) electrons. The highest BCUT2D eigenvalue weighted by molar-refractivity contribution is 6.32. The van der Waals surface area contributed by atoms with Crippen molar-refractivity contribution in [2.24, 2.45) is 17.4 Å². The lowest BCUT2D eigenvalue weighted by Gasteiger charge is -2.48. The number of alkyl halides is 3. The van der Waals surface area contributed by atoms with Crippen LogP contribution in [0.25, 0.3) is 11.1 Å². The van der Waals surface area contributed by atoms with Gasteiger partial charge in [0.15, 0.2) is 36.2 Å². The van der Waals surface area contributed by atoms with Gasteiger partial charge in [-0.2, -0.15) is 13.2 Å². The third-order valence-corrected chi connectivity index (χ3v) is 22.6. The average Bonchev–Trinajstić information content (AvgIpc) is 0.747. The molecule has 6 aromatic carbocycles. The van der Waals surface area contributed by atoms with E-state index in [4.69, 9.17) is 61.0 Å². The van der Waals surface area contributed by atoms with Gasteiger partial charge in [-0.1, -0.05) is 61.8 Å². The van der Waals surface area contributed by atoms with Crippen LogP contribution < -0.4 is 73.5 Å². The molecule has 0 aromatic heterocycles. The van der Waals surface area contributed by atoms with Gasteiger partial charge in [0.25, 0.3) is 0 Å². The number of phenols is 3. The second-order valence-electron chi connectivity index (χ2n) is 32.4. The summed E-state index contributed by atoms with van der Waals surface area (Å²) in [5.41, 5.74) is 5.96. The number of hydrogen-bond donors (Lipinski definition) is 21. The number of nitrogens with two attached hydrogens (primary N) is 2. The number of hydrogen-bond acceptors (Lipinski definition) is 29. The van der Waals surface area contributed by atoms with Crippen molar-refractivity contribution in [1.29, 1.82) is 0 Å². The molecule has 8 aliphatic heterocycles. The third kappa shape index (κ3) is 20.9. The van der Waals surface area contributed by atoms with E-state index in [1.165, 1.54) is 83.3 Å². The predicted molar refractivity (Wildman–Crippen MR) is 428 cm³/mol. The lowest BCUT2D eigenvalue weighted by atomic mass is 9.85. The zero-order valence-corrected chi connectivity index (χ0v) is 68.8. The fraction of sp³-hybridized carbons (Fsp3) is 0.458. The zero-order valence-electron chi connectivity index (χ0n) is 68.0. The Bertz CT molecular complexity index is 5060. The molecule has 14 rings (SSSR count). The molecule has 3 saturated heterocycles. The number of carboxylic acid groups (broad SMARTS) is 1. The van der Waals surface area contributed by atoms with Gasteiger partial charge in [0.05, 0.1) is 60.1 Å². The predicted octanol–water partition coefficient (Wildman–Crippen LogP) is 1.66. The number of carboxylic acids is 1. The number of halogens is 4. The maximum atomic E-state index is 16.5. The molecule has 38 nitrogen and oxygen atoms in total. The fourth-order valence-electron chi connectivity index (χ4n) is 15.8. The van der Waals surface area contributed by atoms with E-state index in [-0.39, 0.29) is 47.7 Å². The van der Waals surface area contributed by atoms with Gasteiger partial charge in [-0.3, -0.25) is 38.4 Å². The van der Waals surface area contributed by atoms with E-state index in [0.29, 0.717) is 5.56 Å². The number of primary amides is 1. The molecule has 125 heavy (non-hydrogen) atoms. The summed E-state index contributed by atoms with van der Waals surface area (Å²) in [6.45, 7) is 7.78. The van der Waals surface area contributed by atoms with Gasteiger partial charge < -0.3 is 148 Å². The normalized spacial score (nSPS) is 29.8. The second-order valence-corrected chi connectivity index (χ2v) is 32.8. The molecule has 3 fully saturated rings. The summed E-state index contributed by atoms with van der Waals surface area (Å²) in [6, 6.07) is 4.86. The summed E-state index contributed by atoms with van der Waals surface area (Å²) in [6.07, 6.45) is -29.0. The number of aliphatic hydroxyl groups is 6. The monoisotopic (exact) mass is 1770 g/mol. The number of ether oxygens (including phenoxy) is 8. The first-order chi connectivity index (χ1) is 58.9. The summed E-state index contributed by atoms with van der Waals surface area (Å²) >= 11 is 7.18. The van der Waals surface area contributed by atoms with Crippen LogP contribution >= 0.6 is 11.6 Å². The highest BCUT2D eigenvalue weighted by atomic mass is 35.5. The number of amides is 8. The first-order valence-corrected chi connectivity index (χ1v) is 40.1. The minimum Gasteiger partial charge on any atom is -0.508 e. The molecule has 6 aromatic rings. The van der Waals surface area contributed by atoms with E-state index in [1.54, 1.807) is 13.8 Å². The third-order valence-electron chi connectivity index (χ3n) is 22.4. The summed E-state index contributed by atoms with van der Waals surface area (Å²) in [4.78, 5) is 134. The van der Waals surface area contributed by atoms with Crippen molar-refractivity contribution < 1.29 is 145 Å². The molecule has 22 atom stereocenters. The molecule has 42 heteroatoms. The van der Waals surface area contributed by atoms with Crippen LogP contribution in [0.4, 0.5) is 13.2 Å². The second kappa shape index (κ2) is 38.0. The molecule has 11 bridgehead atoms. The summed E-state index contributed by atoms with van der Waals surface area (Å²) in [5.74, 6) is -17.0. The minimum absolute atomic E-state index is 0.0739. The van der Waals surface area contributed by atoms with Gasteiger partial charge in [-0.25, -0.2) is 4.79 Å². The van der Waals surface area contributed by atoms with E-state index >= 15 is 24.0 Å². The number of fused-ring (bicyclic) bond motifs is 15. The van der Waals surface area contributed by atoms with E-state index < -0.39 is 292 Å². The van der Waals surface area contributed by atoms with Crippen LogP contribution in [0.2, 0.25) is 5.02 Å². The highest BCUT2D eigenvalue weighted by Crippen LogP contribution is 2.50. The van der Waals surface area contributed by atoms with Gasteiger partial charge in [-0.05, 0) is 142 Å². The standard InChI is InChI=1S/C83H97ClF3N11O27/c1-33(2)20-47(90-7)73(110)96-63-65(105)39-13-19-51(46(84)22-39)121-53-24-40-23-52(69(53)125-80-70(67(107)66(106)54(32-99)122-80)124-58-29-82(6,72(109)35(4)119-58)98-56(104)31-91-30-36-8-14-41(15-9-36)83(85,86)87)120-43-16-10-37(11-17-43)68(123-57-28-81(5,89)71(108)34(3)118-57)64-78(115)95-62(79(116)117)45-25-42(100)26-50(102)59(45)44-21-38(12-18-49(44)101)60(75(112)97-64)94-76(113)61(40)93-74(111)48(27-55(88)103)92-77(63)114/h8-19,21-26,33-35,47-48,54,57-58,60-68,70-72,80,90-91,99-102,105-109H,20,27-32,89H2,1-7H3,(H2,88,103)(H,92,114)(H,93,111)(H,94,113)(H,95,115)(H,96,110)(H,97,112)(H,98,104)(H,116,117)/t34-,35-,47+,48-,54+,57-,58-,60+,61+,62-,63+,64-,65+,66+,67-,68+,70+,71-,72-,80-,81-,82-/m0/s1. The molecule has 674 valence electrons. The zero-order chi connectivity index (χ0) is 90.9. The van der Waals surface area contributed by atoms with Crippen molar-refractivity contribution in [3.63, 3.8) is 0 Å². The van der Waals surface area contributed by atoms with Gasteiger partial charge in [0, 0.05) is 47.7 Å². The van der Waals surface area contributed by atoms with Crippen molar-refractivity contribution in [2.75, 3.05) is 20.2 Å². The van der Waals surface area contributed by atoms with Crippen LogP contribution in [-0.2, 0) is 79.6 Å². The molecule has 8 aliphatic rings. The molecular weight excluding hydrogens is 1680 g/mol. The Morgan fingerprint density at radius 3 is 1.95 bits per heavy atom. The molecule has 23 N–H and O–H groups in total. The number of aliphatic carboxylic acids is 1. The van der Waals surface area contributed by atoms with Crippen LogP contribution in [0.3, 0.4) is 0 Å². The Kier molecular flexibility index (Phi) is 28.3. The molecule has 0 saturated carbocycles. The Hall–Kier alpha value is -11.1. The number of aromatic hydroxyl groups is 3. The minimum atomic E-state index is -4.61. The van der Waals surface area contributed by atoms with Crippen molar-refractivity contribution in [2.45, 2.75) is 213 Å². The maximum Gasteiger partial charge on any atom is 0.416 e. The number of nitrogens with one attached hydrogen (secondary N) is 9. The van der Waals surface area contributed by atoms with Gasteiger partial charge in [-0.15, -0.1) is 0 Å². The smallest absolute Gasteiger partial charge is 0.416 e. The highest BCUT2D eigenvalue weighted by Gasteiger charge is 2.54. The quantitative estimate of drug-likeness (QED) is 0.0517. The molecule has 8 amide bonds. The first kappa shape index (κ1) is 93.0. The summed E-state index contributed by atoms with van der Waals surface area (Å²) < 4.78 is 92.3.